The van der Waals surface area contributed by atoms with Gasteiger partial charge in [-0.1, -0.05) is 12.1 Å². The number of aliphatic carboxylic acids is 1. The Bertz CT molecular complexity index is 440. The maximum absolute atomic E-state index is 10.8. The number of carboxylic acid groups (broad SMARTS) is 1. The van der Waals surface area contributed by atoms with Gasteiger partial charge in [0, 0.05) is 0 Å². The second-order valence-electron chi connectivity index (χ2n) is 3.66. The molecule has 104 valence electrons. The number of hydrogen-bond donors (Lipinski definition) is 3. The molecule has 3 N–H and O–H groups in total. The minimum absolute atomic E-state index is 0.223. The first kappa shape index (κ1) is 14.9. The van der Waals surface area contributed by atoms with Crippen molar-refractivity contribution in [1.29, 1.82) is 0 Å². The summed E-state index contributed by atoms with van der Waals surface area (Å²) in [5.74, 6) is -1.70. The fourth-order valence-corrected chi connectivity index (χ4v) is 1.28. The second kappa shape index (κ2) is 6.72. The van der Waals surface area contributed by atoms with Gasteiger partial charge in [0.15, 0.2) is 12.7 Å². The zero-order chi connectivity index (χ0) is 14.4. The third kappa shape index (κ3) is 4.23. The molecule has 2 atom stereocenters. The van der Waals surface area contributed by atoms with E-state index in [0.29, 0.717) is 5.75 Å². The van der Waals surface area contributed by atoms with Gasteiger partial charge >= 0.3 is 11.9 Å². The van der Waals surface area contributed by atoms with E-state index in [2.05, 4.69) is 4.74 Å². The van der Waals surface area contributed by atoms with E-state index >= 15 is 0 Å². The van der Waals surface area contributed by atoms with Crippen LogP contribution in [-0.2, 0) is 14.3 Å². The van der Waals surface area contributed by atoms with Crippen molar-refractivity contribution in [2.45, 2.75) is 12.2 Å². The van der Waals surface area contributed by atoms with Gasteiger partial charge in [-0.25, -0.2) is 9.59 Å². The summed E-state index contributed by atoms with van der Waals surface area (Å²) in [6.07, 6.45) is -3.44. The summed E-state index contributed by atoms with van der Waals surface area (Å²) in [5.41, 5.74) is 0.223. The minimum atomic E-state index is -1.90. The van der Waals surface area contributed by atoms with E-state index in [9.17, 15) is 19.8 Å². The molecule has 0 aliphatic heterocycles. The summed E-state index contributed by atoms with van der Waals surface area (Å²) < 4.78 is 9.46. The molecule has 7 heteroatoms. The number of aliphatic hydroxyl groups is 2. The Kier molecular flexibility index (Phi) is 5.28. The highest BCUT2D eigenvalue weighted by Crippen LogP contribution is 2.20. The lowest BCUT2D eigenvalue weighted by atomic mass is 10.0. The average molecular weight is 270 g/mol. The molecule has 1 aromatic rings. The molecule has 0 fully saturated rings. The molecule has 0 aromatic heterocycles. The SMILES string of the molecule is COC(=O)COc1ccc(C(O)C(O)C(=O)O)cc1. The van der Waals surface area contributed by atoms with Crippen molar-refractivity contribution in [3.05, 3.63) is 29.8 Å². The minimum Gasteiger partial charge on any atom is -0.482 e. The molecule has 19 heavy (non-hydrogen) atoms. The van der Waals surface area contributed by atoms with E-state index in [-0.39, 0.29) is 12.2 Å². The molecule has 2 unspecified atom stereocenters. The van der Waals surface area contributed by atoms with Crippen LogP contribution in [0.1, 0.15) is 11.7 Å². The van der Waals surface area contributed by atoms with Crippen LogP contribution in [0.15, 0.2) is 24.3 Å². The monoisotopic (exact) mass is 270 g/mol. The van der Waals surface area contributed by atoms with Crippen LogP contribution < -0.4 is 4.74 Å². The number of hydrogen-bond acceptors (Lipinski definition) is 6. The standard InChI is InChI=1S/C12H14O7/c1-18-9(13)6-19-8-4-2-7(3-5-8)10(14)11(15)12(16)17/h2-5,10-11,14-15H,6H2,1H3,(H,16,17). The van der Waals surface area contributed by atoms with Crippen molar-refractivity contribution in [1.82, 2.24) is 0 Å². The van der Waals surface area contributed by atoms with Crippen LogP contribution in [0.2, 0.25) is 0 Å². The summed E-state index contributed by atoms with van der Waals surface area (Å²) in [5, 5.41) is 27.3. The molecule has 0 saturated carbocycles. The third-order valence-corrected chi connectivity index (χ3v) is 2.36. The van der Waals surface area contributed by atoms with Crippen molar-refractivity contribution in [3.63, 3.8) is 0 Å². The van der Waals surface area contributed by atoms with Crippen molar-refractivity contribution >= 4 is 11.9 Å². The Labute approximate surface area is 109 Å². The number of benzene rings is 1. The first-order chi connectivity index (χ1) is 8.95. The molecule has 0 aliphatic rings. The van der Waals surface area contributed by atoms with Crippen molar-refractivity contribution < 1.29 is 34.4 Å². The van der Waals surface area contributed by atoms with Crippen LogP contribution in [0.4, 0.5) is 0 Å². The number of esters is 1. The average Bonchev–Trinajstić information content (AvgIpc) is 2.43. The first-order valence-corrected chi connectivity index (χ1v) is 5.34. The highest BCUT2D eigenvalue weighted by molar-refractivity contribution is 5.73. The number of aliphatic hydroxyl groups excluding tert-OH is 2. The van der Waals surface area contributed by atoms with E-state index in [1.165, 1.54) is 31.4 Å². The van der Waals surface area contributed by atoms with Gasteiger partial charge in [-0.05, 0) is 17.7 Å². The Morgan fingerprint density at radius 2 is 1.79 bits per heavy atom. The number of carbonyl (C=O) groups is 2. The van der Waals surface area contributed by atoms with Crippen molar-refractivity contribution in [3.8, 4) is 5.75 Å². The third-order valence-electron chi connectivity index (χ3n) is 2.36. The van der Waals surface area contributed by atoms with Gasteiger partial charge in [0.1, 0.15) is 11.9 Å². The predicted molar refractivity (Wildman–Crippen MR) is 62.6 cm³/mol. The lowest BCUT2D eigenvalue weighted by Gasteiger charge is -2.14. The number of carbonyl (C=O) groups excluding carboxylic acids is 1. The lowest BCUT2D eigenvalue weighted by Crippen LogP contribution is -2.27. The normalized spacial score (nSPS) is 13.4. The van der Waals surface area contributed by atoms with Gasteiger partial charge in [0.05, 0.1) is 7.11 Å². The molecular weight excluding hydrogens is 256 g/mol. The number of ether oxygens (including phenoxy) is 2. The van der Waals surface area contributed by atoms with Gasteiger partial charge in [0.25, 0.3) is 0 Å². The first-order valence-electron chi connectivity index (χ1n) is 5.34. The molecule has 7 nitrogen and oxygen atoms in total. The summed E-state index contributed by atoms with van der Waals surface area (Å²) in [4.78, 5) is 21.3. The Balaban J connectivity index is 2.65. The highest BCUT2D eigenvalue weighted by Gasteiger charge is 2.24. The number of carboxylic acids is 1. The highest BCUT2D eigenvalue weighted by atomic mass is 16.6. The molecule has 0 aliphatic carbocycles. The maximum Gasteiger partial charge on any atom is 0.343 e. The van der Waals surface area contributed by atoms with E-state index in [0.717, 1.165) is 0 Å². The molecular formula is C12H14O7. The fraction of sp³-hybridized carbons (Fsp3) is 0.333. The van der Waals surface area contributed by atoms with Gasteiger partial charge in [0.2, 0.25) is 0 Å². The summed E-state index contributed by atoms with van der Waals surface area (Å²) in [6, 6.07) is 5.67. The molecule has 0 heterocycles. The molecule has 1 aromatic carbocycles. The largest absolute Gasteiger partial charge is 0.482 e. The number of methoxy groups -OCH3 is 1. The molecule has 0 spiro atoms. The van der Waals surface area contributed by atoms with Crippen LogP contribution in [0, 0.1) is 0 Å². The summed E-state index contributed by atoms with van der Waals surface area (Å²) in [6.45, 7) is -0.254. The van der Waals surface area contributed by atoms with Gasteiger partial charge in [-0.3, -0.25) is 0 Å². The number of rotatable bonds is 6. The van der Waals surface area contributed by atoms with Crippen LogP contribution in [0.25, 0.3) is 0 Å². The van der Waals surface area contributed by atoms with Crippen LogP contribution in [0.5, 0.6) is 5.75 Å². The van der Waals surface area contributed by atoms with Crippen molar-refractivity contribution in [2.75, 3.05) is 13.7 Å². The Morgan fingerprint density at radius 3 is 2.26 bits per heavy atom. The topological polar surface area (TPSA) is 113 Å². The van der Waals surface area contributed by atoms with Gasteiger partial charge in [-0.15, -0.1) is 0 Å². The maximum atomic E-state index is 10.8. The van der Waals surface area contributed by atoms with E-state index in [1.807, 2.05) is 0 Å². The quantitative estimate of drug-likeness (QED) is 0.609. The summed E-state index contributed by atoms with van der Waals surface area (Å²) >= 11 is 0. The van der Waals surface area contributed by atoms with Crippen LogP contribution in [0.3, 0.4) is 0 Å². The molecule has 1 rings (SSSR count). The molecule has 0 radical (unpaired) electrons. The van der Waals surface area contributed by atoms with Crippen molar-refractivity contribution in [2.24, 2.45) is 0 Å². The molecule has 0 saturated heterocycles. The lowest BCUT2D eigenvalue weighted by molar-refractivity contribution is -0.153. The fourth-order valence-electron chi connectivity index (χ4n) is 1.28. The van der Waals surface area contributed by atoms with E-state index in [4.69, 9.17) is 9.84 Å². The molecule has 0 bridgehead atoms. The Morgan fingerprint density at radius 1 is 1.21 bits per heavy atom. The zero-order valence-electron chi connectivity index (χ0n) is 10.1. The van der Waals surface area contributed by atoms with Gasteiger partial charge in [-0.2, -0.15) is 0 Å². The predicted octanol–water partition coefficient (Wildman–Crippen LogP) is -0.283. The smallest absolute Gasteiger partial charge is 0.343 e. The second-order valence-corrected chi connectivity index (χ2v) is 3.66. The Hall–Kier alpha value is -2.12. The zero-order valence-corrected chi connectivity index (χ0v) is 10.1. The molecule has 0 amide bonds. The van der Waals surface area contributed by atoms with Crippen LogP contribution in [-0.4, -0.2) is 47.1 Å². The summed E-state index contributed by atoms with van der Waals surface area (Å²) in [7, 11) is 1.23. The van der Waals surface area contributed by atoms with Crippen LogP contribution >= 0.6 is 0 Å². The van der Waals surface area contributed by atoms with Gasteiger partial charge < -0.3 is 24.8 Å². The van der Waals surface area contributed by atoms with E-state index in [1.54, 1.807) is 0 Å². The van der Waals surface area contributed by atoms with E-state index < -0.39 is 24.1 Å².